The number of tetrazole rings is 1. The Hall–Kier alpha value is -3.13. The summed E-state index contributed by atoms with van der Waals surface area (Å²) >= 11 is 0. The Labute approximate surface area is 196 Å². The monoisotopic (exact) mass is 450 g/mol. The van der Waals surface area contributed by atoms with Gasteiger partial charge in [0.15, 0.2) is 17.3 Å². The van der Waals surface area contributed by atoms with Gasteiger partial charge in [-0.15, -0.1) is 5.10 Å². The molecule has 1 saturated heterocycles. The smallest absolute Gasteiger partial charge is 0.173 e. The molecule has 0 aliphatic carbocycles. The fourth-order valence-electron chi connectivity index (χ4n) is 4.45. The largest absolute Gasteiger partial charge is 0.493 e. The third-order valence-electron chi connectivity index (χ3n) is 6.71. The summed E-state index contributed by atoms with van der Waals surface area (Å²) in [5, 5.41) is 13.0. The van der Waals surface area contributed by atoms with E-state index < -0.39 is 0 Å². The molecule has 2 heterocycles. The summed E-state index contributed by atoms with van der Waals surface area (Å²) in [5.74, 6) is 2.25. The highest BCUT2D eigenvalue weighted by Crippen LogP contribution is 2.40. The lowest BCUT2D eigenvalue weighted by atomic mass is 9.98. The van der Waals surface area contributed by atoms with Crippen LogP contribution in [0.4, 0.5) is 5.69 Å². The summed E-state index contributed by atoms with van der Waals surface area (Å²) in [7, 11) is 3.35. The van der Waals surface area contributed by atoms with Gasteiger partial charge < -0.3 is 14.4 Å². The number of piperazine rings is 1. The number of para-hydroxylation sites is 2. The van der Waals surface area contributed by atoms with E-state index in [4.69, 9.17) is 9.47 Å². The maximum Gasteiger partial charge on any atom is 0.173 e. The standard InChI is InChI=1S/C25H34N6O2/c1-6-25(2,3)31-24(26-27-28-31)22(20-13-10-14-21(32-4)23(20)33-5)30-17-15-29(16-18-30)19-11-8-7-9-12-19/h7-14,22H,6,15-18H2,1-5H3. The summed E-state index contributed by atoms with van der Waals surface area (Å²) in [4.78, 5) is 4.87. The SMILES string of the molecule is CCC(C)(C)n1nnnc1C(c1cccc(OC)c1OC)N1CCN(c2ccccc2)CC1. The van der Waals surface area contributed by atoms with Crippen molar-refractivity contribution >= 4 is 5.69 Å². The maximum atomic E-state index is 5.84. The second kappa shape index (κ2) is 9.79. The molecule has 33 heavy (non-hydrogen) atoms. The van der Waals surface area contributed by atoms with Crippen molar-refractivity contribution in [2.24, 2.45) is 0 Å². The zero-order chi connectivity index (χ0) is 23.4. The molecule has 1 unspecified atom stereocenters. The van der Waals surface area contributed by atoms with Crippen molar-refractivity contribution in [3.05, 3.63) is 59.9 Å². The summed E-state index contributed by atoms with van der Waals surface area (Å²) in [6, 6.07) is 16.4. The van der Waals surface area contributed by atoms with Crippen LogP contribution in [0, 0.1) is 0 Å². The van der Waals surface area contributed by atoms with Crippen LogP contribution in [0.15, 0.2) is 48.5 Å². The van der Waals surface area contributed by atoms with Gasteiger partial charge in [-0.2, -0.15) is 0 Å². The number of benzene rings is 2. The van der Waals surface area contributed by atoms with Crippen molar-refractivity contribution in [1.82, 2.24) is 25.1 Å². The Balaban J connectivity index is 1.74. The number of methoxy groups -OCH3 is 2. The van der Waals surface area contributed by atoms with Crippen LogP contribution >= 0.6 is 0 Å². The van der Waals surface area contributed by atoms with E-state index in [1.165, 1.54) is 5.69 Å². The first kappa shape index (κ1) is 23.0. The molecule has 176 valence electrons. The van der Waals surface area contributed by atoms with E-state index >= 15 is 0 Å². The van der Waals surface area contributed by atoms with Gasteiger partial charge in [0, 0.05) is 37.4 Å². The van der Waals surface area contributed by atoms with Crippen LogP contribution in [-0.4, -0.2) is 65.5 Å². The van der Waals surface area contributed by atoms with Gasteiger partial charge in [-0.3, -0.25) is 4.90 Å². The molecule has 0 spiro atoms. The fraction of sp³-hybridized carbons (Fsp3) is 0.480. The van der Waals surface area contributed by atoms with Crippen LogP contribution in [-0.2, 0) is 5.54 Å². The molecule has 8 nitrogen and oxygen atoms in total. The highest BCUT2D eigenvalue weighted by molar-refractivity contribution is 5.50. The normalized spacial score (nSPS) is 16.0. The average molecular weight is 451 g/mol. The molecule has 0 bridgehead atoms. The molecule has 4 rings (SSSR count). The van der Waals surface area contributed by atoms with Gasteiger partial charge in [0.25, 0.3) is 0 Å². The first-order chi connectivity index (χ1) is 16.0. The van der Waals surface area contributed by atoms with Crippen molar-refractivity contribution in [2.75, 3.05) is 45.3 Å². The Bertz CT molecular complexity index is 1040. The number of ether oxygens (including phenoxy) is 2. The molecule has 1 atom stereocenters. The van der Waals surface area contributed by atoms with Crippen LogP contribution in [0.1, 0.15) is 44.6 Å². The van der Waals surface area contributed by atoms with Crippen molar-refractivity contribution in [3.63, 3.8) is 0 Å². The van der Waals surface area contributed by atoms with Gasteiger partial charge >= 0.3 is 0 Å². The molecule has 1 aromatic heterocycles. The van der Waals surface area contributed by atoms with Crippen molar-refractivity contribution in [3.8, 4) is 11.5 Å². The maximum absolute atomic E-state index is 5.84. The highest BCUT2D eigenvalue weighted by Gasteiger charge is 2.36. The van der Waals surface area contributed by atoms with E-state index in [0.29, 0.717) is 5.75 Å². The Morgan fingerprint density at radius 3 is 2.30 bits per heavy atom. The van der Waals surface area contributed by atoms with E-state index in [-0.39, 0.29) is 11.6 Å². The predicted molar refractivity (Wildman–Crippen MR) is 129 cm³/mol. The third-order valence-corrected chi connectivity index (χ3v) is 6.71. The Kier molecular flexibility index (Phi) is 6.83. The molecule has 3 aromatic rings. The van der Waals surface area contributed by atoms with E-state index in [2.05, 4.69) is 82.5 Å². The van der Waals surface area contributed by atoms with Gasteiger partial charge in [0.1, 0.15) is 6.04 Å². The average Bonchev–Trinajstić information content (AvgIpc) is 3.35. The molecule has 1 aliphatic heterocycles. The van der Waals surface area contributed by atoms with E-state index in [1.807, 2.05) is 16.8 Å². The summed E-state index contributed by atoms with van der Waals surface area (Å²) < 4.78 is 13.4. The molecule has 0 N–H and O–H groups in total. The van der Waals surface area contributed by atoms with Crippen molar-refractivity contribution in [2.45, 2.75) is 38.8 Å². The quantitative estimate of drug-likeness (QED) is 0.518. The number of nitrogens with zero attached hydrogens (tertiary/aromatic N) is 6. The minimum atomic E-state index is -0.213. The first-order valence-corrected chi connectivity index (χ1v) is 11.5. The number of aromatic nitrogens is 4. The van der Waals surface area contributed by atoms with Crippen LogP contribution in [0.25, 0.3) is 0 Å². The molecular weight excluding hydrogens is 416 g/mol. The molecule has 0 radical (unpaired) electrons. The predicted octanol–water partition coefficient (Wildman–Crippen LogP) is 3.75. The highest BCUT2D eigenvalue weighted by atomic mass is 16.5. The van der Waals surface area contributed by atoms with Gasteiger partial charge in [-0.05, 0) is 48.9 Å². The van der Waals surface area contributed by atoms with E-state index in [9.17, 15) is 0 Å². The third kappa shape index (κ3) is 4.53. The molecule has 1 aliphatic rings. The zero-order valence-electron chi connectivity index (χ0n) is 20.2. The first-order valence-electron chi connectivity index (χ1n) is 11.5. The van der Waals surface area contributed by atoms with Crippen LogP contribution in [0.3, 0.4) is 0 Å². The molecule has 0 amide bonds. The molecular formula is C25H34N6O2. The summed E-state index contributed by atoms with van der Waals surface area (Å²) in [6.45, 7) is 10.1. The van der Waals surface area contributed by atoms with Gasteiger partial charge in [0.2, 0.25) is 0 Å². The topological polar surface area (TPSA) is 68.5 Å². The van der Waals surface area contributed by atoms with Gasteiger partial charge in [-0.25, -0.2) is 4.68 Å². The molecule has 2 aromatic carbocycles. The van der Waals surface area contributed by atoms with Crippen molar-refractivity contribution in [1.29, 1.82) is 0 Å². The Morgan fingerprint density at radius 2 is 1.67 bits per heavy atom. The number of hydrogen-bond donors (Lipinski definition) is 0. The summed E-state index contributed by atoms with van der Waals surface area (Å²) in [6.07, 6.45) is 0.911. The number of anilines is 1. The van der Waals surface area contributed by atoms with Crippen LogP contribution in [0.5, 0.6) is 11.5 Å². The number of rotatable bonds is 8. The van der Waals surface area contributed by atoms with Gasteiger partial charge in [0.05, 0.1) is 19.8 Å². The lowest BCUT2D eigenvalue weighted by molar-refractivity contribution is 0.183. The fourth-order valence-corrected chi connectivity index (χ4v) is 4.45. The molecule has 1 fully saturated rings. The minimum absolute atomic E-state index is 0.159. The summed E-state index contributed by atoms with van der Waals surface area (Å²) in [5.41, 5.74) is 2.05. The lowest BCUT2D eigenvalue weighted by Crippen LogP contribution is -2.49. The second-order valence-corrected chi connectivity index (χ2v) is 8.96. The van der Waals surface area contributed by atoms with E-state index in [1.54, 1.807) is 14.2 Å². The Morgan fingerprint density at radius 1 is 0.939 bits per heavy atom. The number of hydrogen-bond acceptors (Lipinski definition) is 7. The zero-order valence-corrected chi connectivity index (χ0v) is 20.2. The van der Waals surface area contributed by atoms with E-state index in [0.717, 1.165) is 49.7 Å². The molecule has 8 heteroatoms. The second-order valence-electron chi connectivity index (χ2n) is 8.96. The lowest BCUT2D eigenvalue weighted by Gasteiger charge is -2.40. The van der Waals surface area contributed by atoms with Crippen LogP contribution in [0.2, 0.25) is 0 Å². The van der Waals surface area contributed by atoms with Crippen molar-refractivity contribution < 1.29 is 9.47 Å². The molecule has 0 saturated carbocycles. The van der Waals surface area contributed by atoms with Crippen LogP contribution < -0.4 is 14.4 Å². The minimum Gasteiger partial charge on any atom is -0.493 e. The van der Waals surface area contributed by atoms with Gasteiger partial charge in [-0.1, -0.05) is 37.3 Å².